The maximum atomic E-state index is 12.1. The van der Waals surface area contributed by atoms with Gasteiger partial charge in [0.1, 0.15) is 5.37 Å². The number of rotatable bonds is 2. The third-order valence-electron chi connectivity index (χ3n) is 1.27. The van der Waals surface area contributed by atoms with Gasteiger partial charge in [0.05, 0.1) is 0 Å². The van der Waals surface area contributed by atoms with Crippen LogP contribution in [0.2, 0.25) is 0 Å². The Kier molecular flexibility index (Phi) is 2.49. The predicted molar refractivity (Wildman–Crippen MR) is 39.0 cm³/mol. The van der Waals surface area contributed by atoms with Crippen molar-refractivity contribution in [3.63, 3.8) is 0 Å². The molecule has 0 saturated carbocycles. The second-order valence-corrected chi connectivity index (χ2v) is 3.47. The second-order valence-electron chi connectivity index (χ2n) is 2.11. The smallest absolute Gasteiger partial charge is 0.303 e. The highest BCUT2D eigenvalue weighted by atomic mass is 32.2. The zero-order valence-corrected chi connectivity index (χ0v) is 6.65. The van der Waals surface area contributed by atoms with Crippen LogP contribution in [-0.2, 0) is 4.79 Å². The van der Waals surface area contributed by atoms with Gasteiger partial charge in [0.15, 0.2) is 6.29 Å². The lowest BCUT2D eigenvalue weighted by molar-refractivity contribution is -0.112. The minimum atomic E-state index is -2.59. The fraction of sp³-hybridized carbons (Fsp3) is 0.500. The fourth-order valence-electron chi connectivity index (χ4n) is 0.831. The van der Waals surface area contributed by atoms with Crippen molar-refractivity contribution in [1.29, 1.82) is 0 Å². The van der Waals surface area contributed by atoms with Gasteiger partial charge in [-0.05, 0) is 6.92 Å². The van der Waals surface area contributed by atoms with E-state index in [1.165, 1.54) is 6.20 Å². The first kappa shape index (κ1) is 8.52. The van der Waals surface area contributed by atoms with Crippen LogP contribution in [0.5, 0.6) is 0 Å². The first-order valence-electron chi connectivity index (χ1n) is 3.01. The highest BCUT2D eigenvalue weighted by Crippen LogP contribution is 2.32. The van der Waals surface area contributed by atoms with Crippen LogP contribution in [0.25, 0.3) is 0 Å². The summed E-state index contributed by atoms with van der Waals surface area (Å²) in [6, 6.07) is 0. The van der Waals surface area contributed by atoms with Gasteiger partial charge in [-0.2, -0.15) is 8.78 Å². The largest absolute Gasteiger partial charge is 0.316 e. The van der Waals surface area contributed by atoms with Crippen molar-refractivity contribution in [3.05, 3.63) is 11.1 Å². The maximum absolute atomic E-state index is 12.1. The lowest BCUT2D eigenvalue weighted by Crippen LogP contribution is -2.30. The predicted octanol–water partition coefficient (Wildman–Crippen LogP) is 1.64. The van der Waals surface area contributed by atoms with Crippen LogP contribution < -0.4 is 0 Å². The molecule has 1 rings (SSSR count). The summed E-state index contributed by atoms with van der Waals surface area (Å²) in [5, 5.41) is -0.741. The third-order valence-corrected chi connectivity index (χ3v) is 2.35. The molecule has 0 aromatic carbocycles. The quantitative estimate of drug-likeness (QED) is 0.475. The van der Waals surface area contributed by atoms with Gasteiger partial charge in [-0.25, -0.2) is 0 Å². The number of hydrogen-bond acceptors (Lipinski definition) is 3. The van der Waals surface area contributed by atoms with E-state index in [1.54, 1.807) is 6.92 Å². The molecule has 0 radical (unpaired) electrons. The van der Waals surface area contributed by atoms with Crippen molar-refractivity contribution in [2.75, 3.05) is 0 Å². The average molecular weight is 179 g/mol. The Morgan fingerprint density at radius 1 is 1.82 bits per heavy atom. The number of nitrogens with zero attached hydrogens (tertiary/aromatic N) is 1. The summed E-state index contributed by atoms with van der Waals surface area (Å²) in [6.07, 6.45) is 1.82. The monoisotopic (exact) mass is 179 g/mol. The zero-order valence-electron chi connectivity index (χ0n) is 5.83. The maximum Gasteiger partial charge on any atom is 0.316 e. The summed E-state index contributed by atoms with van der Waals surface area (Å²) in [5.41, 5.74) is 0. The molecule has 2 nitrogen and oxygen atoms in total. The van der Waals surface area contributed by atoms with Crippen molar-refractivity contribution < 1.29 is 13.6 Å². The van der Waals surface area contributed by atoms with Crippen LogP contribution >= 0.6 is 11.8 Å². The van der Waals surface area contributed by atoms with E-state index < -0.39 is 11.9 Å². The van der Waals surface area contributed by atoms with Gasteiger partial charge in [0.25, 0.3) is 0 Å². The first-order valence-corrected chi connectivity index (χ1v) is 3.89. The van der Waals surface area contributed by atoms with Crippen LogP contribution in [0.15, 0.2) is 11.1 Å². The molecule has 62 valence electrons. The van der Waals surface area contributed by atoms with E-state index in [0.29, 0.717) is 6.29 Å². The molecule has 11 heavy (non-hydrogen) atoms. The van der Waals surface area contributed by atoms with E-state index in [2.05, 4.69) is 0 Å². The van der Waals surface area contributed by atoms with Crippen molar-refractivity contribution in [1.82, 2.24) is 4.90 Å². The molecule has 0 spiro atoms. The van der Waals surface area contributed by atoms with Crippen LogP contribution in [0.3, 0.4) is 0 Å². The first-order chi connectivity index (χ1) is 5.15. The lowest BCUT2D eigenvalue weighted by Gasteiger charge is -2.17. The second kappa shape index (κ2) is 3.21. The van der Waals surface area contributed by atoms with Gasteiger partial charge >= 0.3 is 6.55 Å². The molecule has 1 unspecified atom stereocenters. The molecule has 0 aliphatic carbocycles. The molecule has 0 aromatic heterocycles. The summed E-state index contributed by atoms with van der Waals surface area (Å²) in [6.45, 7) is -0.890. The van der Waals surface area contributed by atoms with Gasteiger partial charge in [-0.3, -0.25) is 0 Å². The molecular weight excluding hydrogens is 172 g/mol. The Labute approximate surface area is 67.2 Å². The van der Waals surface area contributed by atoms with E-state index >= 15 is 0 Å². The van der Waals surface area contributed by atoms with Crippen molar-refractivity contribution in [2.24, 2.45) is 0 Å². The van der Waals surface area contributed by atoms with Crippen molar-refractivity contribution in [3.8, 4) is 0 Å². The van der Waals surface area contributed by atoms with Gasteiger partial charge in [0.2, 0.25) is 0 Å². The van der Waals surface area contributed by atoms with Crippen LogP contribution in [-0.4, -0.2) is 23.1 Å². The Morgan fingerprint density at radius 3 is 2.82 bits per heavy atom. The highest BCUT2D eigenvalue weighted by Gasteiger charge is 2.28. The molecular formula is C6H7F2NOS. The van der Waals surface area contributed by atoms with E-state index in [1.807, 2.05) is 0 Å². The fourth-order valence-corrected chi connectivity index (χ4v) is 1.72. The molecule has 0 fully saturated rings. The number of allylic oxidation sites excluding steroid dienone is 1. The Bertz CT molecular complexity index is 195. The minimum absolute atomic E-state index is 0.518. The molecule has 0 aromatic rings. The number of thioether (sulfide) groups is 1. The summed E-state index contributed by atoms with van der Waals surface area (Å²) < 4.78 is 24.1. The zero-order chi connectivity index (χ0) is 8.43. The molecule has 0 N–H and O–H groups in total. The summed E-state index contributed by atoms with van der Waals surface area (Å²) in [5.74, 6) is 0. The SMILES string of the molecule is CC1=CN(C(F)F)C(C=O)S1. The molecule has 1 aliphatic rings. The lowest BCUT2D eigenvalue weighted by atomic mass is 10.6. The number of halogens is 2. The van der Waals surface area contributed by atoms with E-state index in [0.717, 1.165) is 21.6 Å². The molecule has 0 amide bonds. The number of hydrogen-bond donors (Lipinski definition) is 0. The molecule has 1 heterocycles. The van der Waals surface area contributed by atoms with Gasteiger partial charge in [-0.1, -0.05) is 11.8 Å². The topological polar surface area (TPSA) is 20.3 Å². The summed E-state index contributed by atoms with van der Waals surface area (Å²) >= 11 is 1.14. The van der Waals surface area contributed by atoms with E-state index in [-0.39, 0.29) is 0 Å². The molecule has 1 aliphatic heterocycles. The van der Waals surface area contributed by atoms with Gasteiger partial charge in [0, 0.05) is 11.1 Å². The average Bonchev–Trinajstić information content (AvgIpc) is 2.30. The Balaban J connectivity index is 2.68. The van der Waals surface area contributed by atoms with Crippen LogP contribution in [0.1, 0.15) is 6.92 Å². The normalized spacial score (nSPS) is 24.2. The van der Waals surface area contributed by atoms with Gasteiger partial charge in [-0.15, -0.1) is 0 Å². The van der Waals surface area contributed by atoms with E-state index in [4.69, 9.17) is 0 Å². The van der Waals surface area contributed by atoms with Crippen LogP contribution in [0, 0.1) is 0 Å². The number of carbonyl (C=O) groups is 1. The Morgan fingerprint density at radius 2 is 2.45 bits per heavy atom. The van der Waals surface area contributed by atoms with Gasteiger partial charge < -0.3 is 9.69 Å². The van der Waals surface area contributed by atoms with Crippen molar-refractivity contribution >= 4 is 18.0 Å². The standard InChI is InChI=1S/C6H7F2NOS/c1-4-2-9(6(7)8)5(3-10)11-4/h2-3,5-6H,1H3. The summed E-state index contributed by atoms with van der Waals surface area (Å²) in [4.78, 5) is 11.7. The molecule has 1 atom stereocenters. The highest BCUT2D eigenvalue weighted by molar-refractivity contribution is 8.04. The number of alkyl halides is 2. The molecule has 0 bridgehead atoms. The Hall–Kier alpha value is -0.580. The molecule has 5 heteroatoms. The third kappa shape index (κ3) is 1.71. The number of aldehydes is 1. The minimum Gasteiger partial charge on any atom is -0.303 e. The number of carbonyl (C=O) groups excluding carboxylic acids is 1. The van der Waals surface area contributed by atoms with Crippen LogP contribution in [0.4, 0.5) is 8.78 Å². The van der Waals surface area contributed by atoms with E-state index in [9.17, 15) is 13.6 Å². The molecule has 0 saturated heterocycles. The van der Waals surface area contributed by atoms with Crippen molar-refractivity contribution in [2.45, 2.75) is 18.8 Å². The summed E-state index contributed by atoms with van der Waals surface area (Å²) in [7, 11) is 0.